The molecule has 0 aromatic heterocycles. The Morgan fingerprint density at radius 1 is 1.04 bits per heavy atom. The van der Waals surface area contributed by atoms with Crippen molar-refractivity contribution in [1.82, 2.24) is 5.32 Å². The Balaban J connectivity index is 1.77. The molecule has 0 unspecified atom stereocenters. The predicted molar refractivity (Wildman–Crippen MR) is 109 cm³/mol. The van der Waals surface area contributed by atoms with Crippen LogP contribution in [0.4, 0.5) is 0 Å². The molecule has 0 radical (unpaired) electrons. The highest BCUT2D eigenvalue weighted by Gasteiger charge is 2.34. The molecule has 1 saturated carbocycles. The Bertz CT molecular complexity index is 812. The molecule has 3 rings (SSSR count). The van der Waals surface area contributed by atoms with Crippen LogP contribution in [0.15, 0.2) is 42.5 Å². The first-order valence-corrected chi connectivity index (χ1v) is 9.83. The van der Waals surface area contributed by atoms with Gasteiger partial charge in [-0.25, -0.2) is 4.79 Å². The minimum Gasteiger partial charge on any atom is -0.493 e. The number of ether oxygens (including phenoxy) is 2. The van der Waals surface area contributed by atoms with E-state index in [1.165, 1.54) is 24.8 Å². The molecule has 2 aromatic rings. The van der Waals surface area contributed by atoms with Crippen molar-refractivity contribution in [2.45, 2.75) is 44.1 Å². The van der Waals surface area contributed by atoms with Crippen LogP contribution in [0.3, 0.4) is 0 Å². The van der Waals surface area contributed by atoms with E-state index in [0.717, 1.165) is 36.4 Å². The van der Waals surface area contributed by atoms with Crippen molar-refractivity contribution >= 4 is 5.97 Å². The van der Waals surface area contributed by atoms with Gasteiger partial charge in [-0.2, -0.15) is 0 Å². The molecule has 1 fully saturated rings. The quantitative estimate of drug-likeness (QED) is 0.707. The number of aromatic carboxylic acids is 1. The van der Waals surface area contributed by atoms with Crippen molar-refractivity contribution in [3.63, 3.8) is 0 Å². The summed E-state index contributed by atoms with van der Waals surface area (Å²) in [6.07, 6.45) is 5.96. The molecule has 0 amide bonds. The van der Waals surface area contributed by atoms with E-state index in [0.29, 0.717) is 12.1 Å². The number of hydrogen-bond acceptors (Lipinski definition) is 4. The Labute approximate surface area is 166 Å². The van der Waals surface area contributed by atoms with Crippen LogP contribution in [0.2, 0.25) is 0 Å². The van der Waals surface area contributed by atoms with Crippen molar-refractivity contribution < 1.29 is 19.4 Å². The van der Waals surface area contributed by atoms with Crippen LogP contribution in [-0.4, -0.2) is 31.8 Å². The van der Waals surface area contributed by atoms with E-state index in [-0.39, 0.29) is 5.41 Å². The van der Waals surface area contributed by atoms with Gasteiger partial charge in [0.2, 0.25) is 0 Å². The van der Waals surface area contributed by atoms with Gasteiger partial charge in [0.1, 0.15) is 0 Å². The number of nitrogens with one attached hydrogen (secondary N) is 1. The number of hydrogen-bond donors (Lipinski definition) is 2. The maximum atomic E-state index is 11.2. The standard InChI is InChI=1S/C23H29NO4/c1-27-20-10-9-19(14-21(20)28-2)23(11-4-3-5-12-23)16-24-15-17-7-6-8-18(13-17)22(25)26/h6-10,13-14,24H,3-5,11-12,15-16H2,1-2H3,(H,25,26). The summed E-state index contributed by atoms with van der Waals surface area (Å²) < 4.78 is 10.9. The van der Waals surface area contributed by atoms with Gasteiger partial charge in [-0.3, -0.25) is 0 Å². The zero-order valence-corrected chi connectivity index (χ0v) is 16.7. The number of rotatable bonds is 8. The van der Waals surface area contributed by atoms with Gasteiger partial charge in [-0.05, 0) is 48.2 Å². The van der Waals surface area contributed by atoms with Crippen LogP contribution >= 0.6 is 0 Å². The average molecular weight is 383 g/mol. The van der Waals surface area contributed by atoms with Gasteiger partial charge in [0.15, 0.2) is 11.5 Å². The van der Waals surface area contributed by atoms with Gasteiger partial charge in [0.05, 0.1) is 19.8 Å². The molecule has 5 heteroatoms. The summed E-state index contributed by atoms with van der Waals surface area (Å²) in [5, 5.41) is 12.8. The molecule has 0 spiro atoms. The van der Waals surface area contributed by atoms with E-state index < -0.39 is 5.97 Å². The number of methoxy groups -OCH3 is 2. The molecule has 28 heavy (non-hydrogen) atoms. The normalized spacial score (nSPS) is 15.8. The lowest BCUT2D eigenvalue weighted by Gasteiger charge is -2.38. The molecule has 1 aliphatic rings. The summed E-state index contributed by atoms with van der Waals surface area (Å²) in [5.74, 6) is 0.616. The minimum atomic E-state index is -0.893. The smallest absolute Gasteiger partial charge is 0.335 e. The second-order valence-electron chi connectivity index (χ2n) is 7.52. The zero-order valence-electron chi connectivity index (χ0n) is 16.7. The summed E-state index contributed by atoms with van der Waals surface area (Å²) in [6, 6.07) is 13.4. The summed E-state index contributed by atoms with van der Waals surface area (Å²) in [4.78, 5) is 11.2. The molecule has 0 aliphatic heterocycles. The number of benzene rings is 2. The topological polar surface area (TPSA) is 67.8 Å². The fourth-order valence-electron chi connectivity index (χ4n) is 4.22. The van der Waals surface area contributed by atoms with Crippen LogP contribution in [0.5, 0.6) is 11.5 Å². The fraction of sp³-hybridized carbons (Fsp3) is 0.435. The van der Waals surface area contributed by atoms with Crippen LogP contribution in [0, 0.1) is 0 Å². The van der Waals surface area contributed by atoms with Gasteiger partial charge in [0, 0.05) is 18.5 Å². The Kier molecular flexibility index (Phi) is 6.57. The first kappa shape index (κ1) is 20.2. The molecule has 5 nitrogen and oxygen atoms in total. The van der Waals surface area contributed by atoms with E-state index in [2.05, 4.69) is 17.4 Å². The summed E-state index contributed by atoms with van der Waals surface area (Å²) >= 11 is 0. The highest BCUT2D eigenvalue weighted by molar-refractivity contribution is 5.87. The number of carbonyl (C=O) groups is 1. The molecular formula is C23H29NO4. The second-order valence-corrected chi connectivity index (χ2v) is 7.52. The molecule has 150 valence electrons. The van der Waals surface area contributed by atoms with Crippen LogP contribution < -0.4 is 14.8 Å². The Morgan fingerprint density at radius 3 is 2.46 bits per heavy atom. The first-order chi connectivity index (χ1) is 13.6. The van der Waals surface area contributed by atoms with Gasteiger partial charge in [-0.15, -0.1) is 0 Å². The first-order valence-electron chi connectivity index (χ1n) is 9.83. The third-order valence-corrected chi connectivity index (χ3v) is 5.77. The van der Waals surface area contributed by atoms with Crippen molar-refractivity contribution in [1.29, 1.82) is 0 Å². The molecule has 0 heterocycles. The average Bonchev–Trinajstić information content (AvgIpc) is 2.74. The maximum absolute atomic E-state index is 11.2. The fourth-order valence-corrected chi connectivity index (χ4v) is 4.22. The van der Waals surface area contributed by atoms with E-state index in [1.807, 2.05) is 12.1 Å². The lowest BCUT2D eigenvalue weighted by molar-refractivity contribution is 0.0696. The maximum Gasteiger partial charge on any atom is 0.335 e. The van der Waals surface area contributed by atoms with Crippen LogP contribution in [0.25, 0.3) is 0 Å². The number of carboxylic acids is 1. The van der Waals surface area contributed by atoms with Crippen molar-refractivity contribution in [3.8, 4) is 11.5 Å². The highest BCUT2D eigenvalue weighted by Crippen LogP contribution is 2.42. The Morgan fingerprint density at radius 2 is 1.79 bits per heavy atom. The lowest BCUT2D eigenvalue weighted by Crippen LogP contribution is -2.39. The van der Waals surface area contributed by atoms with E-state index >= 15 is 0 Å². The van der Waals surface area contributed by atoms with Crippen molar-refractivity contribution in [3.05, 3.63) is 59.2 Å². The van der Waals surface area contributed by atoms with Crippen LogP contribution in [0.1, 0.15) is 53.6 Å². The van der Waals surface area contributed by atoms with Gasteiger partial charge < -0.3 is 19.9 Å². The molecule has 2 aromatic carbocycles. The molecule has 2 N–H and O–H groups in total. The lowest BCUT2D eigenvalue weighted by atomic mass is 9.69. The molecule has 0 saturated heterocycles. The zero-order chi connectivity index (χ0) is 20.0. The van der Waals surface area contributed by atoms with Crippen LogP contribution in [-0.2, 0) is 12.0 Å². The third kappa shape index (κ3) is 4.47. The summed E-state index contributed by atoms with van der Waals surface area (Å²) in [5.41, 5.74) is 2.64. The van der Waals surface area contributed by atoms with Gasteiger partial charge in [-0.1, -0.05) is 37.5 Å². The van der Waals surface area contributed by atoms with E-state index in [9.17, 15) is 9.90 Å². The SMILES string of the molecule is COc1ccc(C2(CNCc3cccc(C(=O)O)c3)CCCCC2)cc1OC. The Hall–Kier alpha value is -2.53. The van der Waals surface area contributed by atoms with Crippen molar-refractivity contribution in [2.24, 2.45) is 0 Å². The second kappa shape index (κ2) is 9.11. The summed E-state index contributed by atoms with van der Waals surface area (Å²) in [6.45, 7) is 1.50. The largest absolute Gasteiger partial charge is 0.493 e. The minimum absolute atomic E-state index is 0.0577. The predicted octanol–water partition coefficient (Wildman–Crippen LogP) is 4.39. The van der Waals surface area contributed by atoms with Crippen molar-refractivity contribution in [2.75, 3.05) is 20.8 Å². The molecular weight excluding hydrogens is 354 g/mol. The van der Waals surface area contributed by atoms with Gasteiger partial charge >= 0.3 is 5.97 Å². The number of carboxylic acid groups (broad SMARTS) is 1. The molecule has 1 aliphatic carbocycles. The molecule has 0 bridgehead atoms. The van der Waals surface area contributed by atoms with E-state index in [1.54, 1.807) is 32.4 Å². The van der Waals surface area contributed by atoms with Gasteiger partial charge in [0.25, 0.3) is 0 Å². The third-order valence-electron chi connectivity index (χ3n) is 5.77. The van der Waals surface area contributed by atoms with E-state index in [4.69, 9.17) is 9.47 Å². The monoisotopic (exact) mass is 383 g/mol. The summed E-state index contributed by atoms with van der Waals surface area (Å²) in [7, 11) is 3.32. The molecule has 0 atom stereocenters. The highest BCUT2D eigenvalue weighted by atomic mass is 16.5.